The monoisotopic (exact) mass is 329 g/mol. The van der Waals surface area contributed by atoms with Crippen LogP contribution in [0.15, 0.2) is 24.3 Å². The number of carbonyl (C=O) groups is 2. The molecule has 0 saturated carbocycles. The molecule has 8 nitrogen and oxygen atoms in total. The average Bonchev–Trinajstić information content (AvgIpc) is 2.89. The van der Waals surface area contributed by atoms with E-state index in [1.807, 2.05) is 19.1 Å². The minimum atomic E-state index is -0.488. The van der Waals surface area contributed by atoms with Crippen molar-refractivity contribution in [3.05, 3.63) is 30.1 Å². The number of rotatable bonds is 5. The van der Waals surface area contributed by atoms with E-state index in [2.05, 4.69) is 20.7 Å². The number of hydrogen-bond donors (Lipinski definition) is 2. The molecule has 2 amide bonds. The summed E-state index contributed by atoms with van der Waals surface area (Å²) in [5, 5.41) is 9.69. The third kappa shape index (κ3) is 3.37. The fraction of sp³-hybridized carbons (Fsp3) is 0.375. The highest BCUT2D eigenvalue weighted by Gasteiger charge is 2.30. The molecule has 3 rings (SSSR count). The summed E-state index contributed by atoms with van der Waals surface area (Å²) in [7, 11) is 0. The molecule has 0 aliphatic carbocycles. The van der Waals surface area contributed by atoms with Gasteiger partial charge in [0.25, 0.3) is 0 Å². The van der Waals surface area contributed by atoms with Crippen molar-refractivity contribution in [1.29, 1.82) is 0 Å². The molecule has 0 fully saturated rings. The summed E-state index contributed by atoms with van der Waals surface area (Å²) in [6.07, 6.45) is 0.0602. The van der Waals surface area contributed by atoms with Crippen molar-refractivity contribution in [1.82, 2.24) is 14.8 Å². The van der Waals surface area contributed by atoms with Gasteiger partial charge in [-0.2, -0.15) is 10.1 Å². The molecule has 0 spiro atoms. The number of aromatic nitrogens is 3. The molecule has 1 atom stereocenters. The fourth-order valence-electron chi connectivity index (χ4n) is 2.61. The van der Waals surface area contributed by atoms with Crippen LogP contribution >= 0.6 is 0 Å². The molecule has 2 aromatic rings. The molecule has 1 aliphatic heterocycles. The number of anilines is 2. The molecular weight excluding hydrogens is 310 g/mol. The summed E-state index contributed by atoms with van der Waals surface area (Å²) >= 11 is 0. The summed E-state index contributed by atoms with van der Waals surface area (Å²) < 4.78 is 7.10. The maximum Gasteiger partial charge on any atom is 0.232 e. The molecule has 0 bridgehead atoms. The minimum absolute atomic E-state index is 0.0602. The van der Waals surface area contributed by atoms with Gasteiger partial charge >= 0.3 is 0 Å². The predicted octanol–water partition coefficient (Wildman–Crippen LogP) is 1.58. The van der Waals surface area contributed by atoms with E-state index in [9.17, 15) is 9.59 Å². The second-order valence-electron chi connectivity index (χ2n) is 5.53. The number of fused-ring (bicyclic) bond motifs is 1. The number of para-hydroxylation sites is 2. The zero-order valence-electron chi connectivity index (χ0n) is 13.6. The normalized spacial score (nSPS) is 16.2. The lowest BCUT2D eigenvalue weighted by Gasteiger charge is -2.22. The second kappa shape index (κ2) is 6.69. The lowest BCUT2D eigenvalue weighted by Crippen LogP contribution is -2.36. The van der Waals surface area contributed by atoms with Crippen molar-refractivity contribution >= 4 is 23.5 Å². The van der Waals surface area contributed by atoms with Gasteiger partial charge in [-0.1, -0.05) is 12.1 Å². The first-order valence-electron chi connectivity index (χ1n) is 7.80. The number of carbonyl (C=O) groups excluding carboxylic acids is 2. The van der Waals surface area contributed by atoms with E-state index in [0.29, 0.717) is 36.4 Å². The largest absolute Gasteiger partial charge is 0.492 e. The van der Waals surface area contributed by atoms with Gasteiger partial charge in [0.1, 0.15) is 11.6 Å². The summed E-state index contributed by atoms with van der Waals surface area (Å²) in [6.45, 7) is 4.47. The Balaban J connectivity index is 1.66. The Kier molecular flexibility index (Phi) is 4.45. The molecule has 2 heterocycles. The van der Waals surface area contributed by atoms with Crippen molar-refractivity contribution in [2.75, 3.05) is 17.2 Å². The third-order valence-electron chi connectivity index (χ3n) is 3.67. The number of aryl methyl sites for hydroxylation is 1. The summed E-state index contributed by atoms with van der Waals surface area (Å²) in [6, 6.07) is 7.21. The minimum Gasteiger partial charge on any atom is -0.492 e. The van der Waals surface area contributed by atoms with Crippen molar-refractivity contribution in [2.24, 2.45) is 5.92 Å². The van der Waals surface area contributed by atoms with Crippen molar-refractivity contribution in [2.45, 2.75) is 26.8 Å². The van der Waals surface area contributed by atoms with E-state index in [1.165, 1.54) is 0 Å². The van der Waals surface area contributed by atoms with Gasteiger partial charge in [-0.05, 0) is 26.0 Å². The van der Waals surface area contributed by atoms with E-state index in [0.717, 1.165) is 0 Å². The molecule has 1 aromatic heterocycles. The molecule has 1 unspecified atom stereocenters. The van der Waals surface area contributed by atoms with Gasteiger partial charge in [0.05, 0.1) is 24.8 Å². The van der Waals surface area contributed by atoms with Gasteiger partial charge in [-0.15, -0.1) is 0 Å². The van der Waals surface area contributed by atoms with E-state index in [-0.39, 0.29) is 18.2 Å². The van der Waals surface area contributed by atoms with Gasteiger partial charge in [-0.3, -0.25) is 14.9 Å². The standard InChI is InChI=1S/C16H19N5O3/c1-3-24-13-7-5-4-6-12(13)18-14(22)8-11-9-21-16(19-15(11)23)17-10(2)20-21/h4-7,11H,3,8-9H2,1-2H3,(H,18,22)(H,17,19,20,23). The first-order valence-corrected chi connectivity index (χ1v) is 7.80. The van der Waals surface area contributed by atoms with Crippen LogP contribution in [-0.2, 0) is 16.1 Å². The topological polar surface area (TPSA) is 98.1 Å². The Hall–Kier alpha value is -2.90. The molecule has 1 aliphatic rings. The van der Waals surface area contributed by atoms with Crippen LogP contribution in [0.25, 0.3) is 0 Å². The highest BCUT2D eigenvalue weighted by molar-refractivity contribution is 5.98. The Bertz CT molecular complexity index is 771. The van der Waals surface area contributed by atoms with Crippen LogP contribution in [0.1, 0.15) is 19.2 Å². The van der Waals surface area contributed by atoms with Crippen LogP contribution in [-0.4, -0.2) is 33.2 Å². The van der Waals surface area contributed by atoms with E-state index < -0.39 is 5.92 Å². The number of nitrogens with one attached hydrogen (secondary N) is 2. The van der Waals surface area contributed by atoms with Crippen LogP contribution in [0.5, 0.6) is 5.75 Å². The van der Waals surface area contributed by atoms with Gasteiger partial charge in [0.2, 0.25) is 17.8 Å². The lowest BCUT2D eigenvalue weighted by molar-refractivity contribution is -0.126. The zero-order valence-corrected chi connectivity index (χ0v) is 13.6. The quantitative estimate of drug-likeness (QED) is 0.868. The predicted molar refractivity (Wildman–Crippen MR) is 87.7 cm³/mol. The van der Waals surface area contributed by atoms with Crippen LogP contribution < -0.4 is 15.4 Å². The Morgan fingerprint density at radius 3 is 3.04 bits per heavy atom. The number of benzene rings is 1. The van der Waals surface area contributed by atoms with Crippen LogP contribution in [0, 0.1) is 12.8 Å². The SMILES string of the molecule is CCOc1ccccc1NC(=O)CC1Cn2nc(C)nc2NC1=O. The Morgan fingerprint density at radius 2 is 2.25 bits per heavy atom. The summed E-state index contributed by atoms with van der Waals surface area (Å²) in [4.78, 5) is 28.6. The number of hydrogen-bond acceptors (Lipinski definition) is 5. The molecule has 0 saturated heterocycles. The molecule has 2 N–H and O–H groups in total. The van der Waals surface area contributed by atoms with Gasteiger partial charge in [0, 0.05) is 6.42 Å². The number of ether oxygens (including phenoxy) is 1. The Morgan fingerprint density at radius 1 is 1.46 bits per heavy atom. The maximum atomic E-state index is 12.3. The van der Waals surface area contributed by atoms with E-state index >= 15 is 0 Å². The van der Waals surface area contributed by atoms with Crippen molar-refractivity contribution in [3.8, 4) is 5.75 Å². The van der Waals surface area contributed by atoms with Crippen molar-refractivity contribution < 1.29 is 14.3 Å². The zero-order chi connectivity index (χ0) is 17.1. The second-order valence-corrected chi connectivity index (χ2v) is 5.53. The van der Waals surface area contributed by atoms with E-state index in [1.54, 1.807) is 23.7 Å². The number of nitrogens with zero attached hydrogens (tertiary/aromatic N) is 3. The fourth-order valence-corrected chi connectivity index (χ4v) is 2.61. The highest BCUT2D eigenvalue weighted by atomic mass is 16.5. The molecule has 126 valence electrons. The molecule has 0 radical (unpaired) electrons. The van der Waals surface area contributed by atoms with Gasteiger partial charge in [-0.25, -0.2) is 4.68 Å². The van der Waals surface area contributed by atoms with E-state index in [4.69, 9.17) is 4.74 Å². The van der Waals surface area contributed by atoms with Gasteiger partial charge in [0.15, 0.2) is 0 Å². The smallest absolute Gasteiger partial charge is 0.232 e. The first kappa shape index (κ1) is 16.0. The molecule has 8 heteroatoms. The van der Waals surface area contributed by atoms with Crippen LogP contribution in [0.4, 0.5) is 11.6 Å². The van der Waals surface area contributed by atoms with Crippen LogP contribution in [0.2, 0.25) is 0 Å². The number of amides is 2. The maximum absolute atomic E-state index is 12.3. The first-order chi connectivity index (χ1) is 11.6. The average molecular weight is 329 g/mol. The third-order valence-corrected chi connectivity index (χ3v) is 3.67. The van der Waals surface area contributed by atoms with Crippen LogP contribution in [0.3, 0.4) is 0 Å². The van der Waals surface area contributed by atoms with Crippen molar-refractivity contribution in [3.63, 3.8) is 0 Å². The summed E-state index contributed by atoms with van der Waals surface area (Å²) in [5.74, 6) is 0.663. The lowest BCUT2D eigenvalue weighted by atomic mass is 10.0. The summed E-state index contributed by atoms with van der Waals surface area (Å²) in [5.41, 5.74) is 0.595. The molecule has 1 aromatic carbocycles. The van der Waals surface area contributed by atoms with Gasteiger partial charge < -0.3 is 10.1 Å². The highest BCUT2D eigenvalue weighted by Crippen LogP contribution is 2.25. The Labute approximate surface area is 139 Å². The molecular formula is C16H19N5O3. The molecule has 24 heavy (non-hydrogen) atoms.